The largest absolute Gasteiger partial charge is 0.336 e. The van der Waals surface area contributed by atoms with Crippen LogP contribution in [0.25, 0.3) is 0 Å². The van der Waals surface area contributed by atoms with Gasteiger partial charge in [0.25, 0.3) is 0 Å². The number of hydrogen-bond donors (Lipinski definition) is 2. The molecule has 2 heterocycles. The van der Waals surface area contributed by atoms with Crippen molar-refractivity contribution in [3.63, 3.8) is 0 Å². The van der Waals surface area contributed by atoms with E-state index in [2.05, 4.69) is 10.6 Å². The second-order valence-corrected chi connectivity index (χ2v) is 5.35. The molecule has 0 atom stereocenters. The van der Waals surface area contributed by atoms with Crippen LogP contribution in [-0.4, -0.2) is 39.0 Å². The van der Waals surface area contributed by atoms with E-state index < -0.39 is 9.84 Å². The molecule has 2 N–H and O–H groups in total. The van der Waals surface area contributed by atoms with Crippen molar-refractivity contribution in [2.45, 2.75) is 12.8 Å². The molecule has 2 aliphatic heterocycles. The molecule has 0 unspecified atom stereocenters. The van der Waals surface area contributed by atoms with Crippen molar-refractivity contribution in [1.82, 2.24) is 10.6 Å². The van der Waals surface area contributed by atoms with E-state index >= 15 is 0 Å². The summed E-state index contributed by atoms with van der Waals surface area (Å²) < 4.78 is 20.9. The molecular weight excluding hydrogens is 192 g/mol. The Morgan fingerprint density at radius 2 is 1.46 bits per heavy atom. The molecule has 0 spiro atoms. The lowest BCUT2D eigenvalue weighted by atomic mass is 10.4. The maximum Gasteiger partial charge on any atom is 0.314 e. The summed E-state index contributed by atoms with van der Waals surface area (Å²) >= 11 is 0. The van der Waals surface area contributed by atoms with Gasteiger partial charge in [0.05, 0.1) is 11.5 Å². The van der Waals surface area contributed by atoms with Crippen LogP contribution in [0.1, 0.15) is 12.8 Å². The Hall–Kier alpha value is -0.780. The Labute approximate surface area is 77.8 Å². The number of hydrogen-bond acceptors (Lipinski definition) is 3. The van der Waals surface area contributed by atoms with Gasteiger partial charge in [0.15, 0.2) is 0 Å². The van der Waals surface area contributed by atoms with Gasteiger partial charge in [-0.05, 0) is 12.8 Å². The summed E-state index contributed by atoms with van der Waals surface area (Å²) in [7, 11) is -2.55. The molecule has 2 amide bonds. The van der Waals surface area contributed by atoms with Crippen molar-refractivity contribution < 1.29 is 13.2 Å². The molecule has 0 radical (unpaired) electrons. The Bertz CT molecular complexity index is 253. The molecule has 6 heteroatoms. The van der Waals surface area contributed by atoms with Crippen LogP contribution in [0, 0.1) is 0 Å². The second kappa shape index (κ2) is 4.45. The van der Waals surface area contributed by atoms with E-state index in [-0.39, 0.29) is 6.03 Å². The van der Waals surface area contributed by atoms with Crippen LogP contribution < -0.4 is 10.6 Å². The van der Waals surface area contributed by atoms with Gasteiger partial charge in [-0.15, -0.1) is 0 Å². The first-order valence-corrected chi connectivity index (χ1v) is 6.14. The minimum absolute atomic E-state index is 0.0463. The first-order valence-electron chi connectivity index (χ1n) is 4.32. The van der Waals surface area contributed by atoms with Crippen molar-refractivity contribution in [3.05, 3.63) is 0 Å². The summed E-state index contributed by atoms with van der Waals surface area (Å²) in [6.45, 7) is 1.55. The number of rotatable bonds is 0. The zero-order chi connectivity index (χ0) is 9.73. The lowest BCUT2D eigenvalue weighted by molar-refractivity contribution is 0.248. The van der Waals surface area contributed by atoms with Gasteiger partial charge in [-0.1, -0.05) is 0 Å². The number of carbonyl (C=O) groups excluding carboxylic acids is 1. The molecule has 0 aromatic rings. The predicted octanol–water partition coefficient (Wildman–Crippen LogP) is -0.506. The van der Waals surface area contributed by atoms with Crippen molar-refractivity contribution in [2.24, 2.45) is 0 Å². The summed E-state index contributed by atoms with van der Waals surface area (Å²) in [6.07, 6.45) is 1.75. The molecule has 2 fully saturated rings. The van der Waals surface area contributed by atoms with Gasteiger partial charge < -0.3 is 10.6 Å². The predicted molar refractivity (Wildman–Crippen MR) is 49.3 cm³/mol. The van der Waals surface area contributed by atoms with Crippen molar-refractivity contribution in [2.75, 3.05) is 24.6 Å². The van der Waals surface area contributed by atoms with Crippen LogP contribution in [0.4, 0.5) is 4.79 Å². The highest BCUT2D eigenvalue weighted by molar-refractivity contribution is 7.91. The van der Waals surface area contributed by atoms with E-state index in [4.69, 9.17) is 0 Å². The van der Waals surface area contributed by atoms with Gasteiger partial charge in [-0.3, -0.25) is 0 Å². The zero-order valence-corrected chi connectivity index (χ0v) is 8.19. The Morgan fingerprint density at radius 3 is 1.62 bits per heavy atom. The highest BCUT2D eigenvalue weighted by Crippen LogP contribution is 2.08. The van der Waals surface area contributed by atoms with Gasteiger partial charge in [0.1, 0.15) is 9.84 Å². The van der Waals surface area contributed by atoms with Crippen LogP contribution in [0.3, 0.4) is 0 Å². The third kappa shape index (κ3) is 4.12. The molecule has 13 heavy (non-hydrogen) atoms. The normalized spacial score (nSPS) is 24.2. The van der Waals surface area contributed by atoms with Crippen LogP contribution in [0.2, 0.25) is 0 Å². The molecular formula is C7H14N2O3S. The lowest BCUT2D eigenvalue weighted by Crippen LogP contribution is -2.20. The van der Waals surface area contributed by atoms with Crippen LogP contribution in [0.15, 0.2) is 0 Å². The fourth-order valence-electron chi connectivity index (χ4n) is 1.16. The minimum atomic E-state index is -2.55. The number of sulfone groups is 1. The highest BCUT2D eigenvalue weighted by Gasteiger charge is 2.16. The smallest absolute Gasteiger partial charge is 0.314 e. The number of amides is 2. The molecule has 0 aromatic carbocycles. The van der Waals surface area contributed by atoms with Gasteiger partial charge >= 0.3 is 6.03 Å². The van der Waals surface area contributed by atoms with Crippen molar-refractivity contribution in [1.29, 1.82) is 0 Å². The molecule has 5 nitrogen and oxygen atoms in total. The summed E-state index contributed by atoms with van der Waals surface area (Å²) in [5.74, 6) is 0.847. The molecule has 2 aliphatic rings. The number of carbonyl (C=O) groups is 1. The van der Waals surface area contributed by atoms with Gasteiger partial charge in [0, 0.05) is 13.1 Å². The fraction of sp³-hybridized carbons (Fsp3) is 0.857. The SMILES string of the molecule is O=C1NCCN1.O=S1(=O)CCCC1. The first kappa shape index (κ1) is 10.3. The maximum absolute atomic E-state index is 10.4. The van der Waals surface area contributed by atoms with Crippen LogP contribution in [0.5, 0.6) is 0 Å². The maximum atomic E-state index is 10.4. The Kier molecular flexibility index (Phi) is 3.53. The average Bonchev–Trinajstić information content (AvgIpc) is 2.62. The number of urea groups is 1. The fourth-order valence-corrected chi connectivity index (χ4v) is 2.65. The van der Waals surface area contributed by atoms with Crippen LogP contribution >= 0.6 is 0 Å². The number of nitrogens with one attached hydrogen (secondary N) is 2. The molecule has 0 aliphatic carbocycles. The highest BCUT2D eigenvalue weighted by atomic mass is 32.2. The summed E-state index contributed by atoms with van der Waals surface area (Å²) in [4.78, 5) is 10.0. The van der Waals surface area contributed by atoms with E-state index in [1.807, 2.05) is 0 Å². The Balaban J connectivity index is 0.000000132. The summed E-state index contributed by atoms with van der Waals surface area (Å²) in [6, 6.07) is -0.0463. The topological polar surface area (TPSA) is 75.3 Å². The molecule has 0 aromatic heterocycles. The van der Waals surface area contributed by atoms with Gasteiger partial charge in [-0.2, -0.15) is 0 Å². The van der Waals surface area contributed by atoms with Crippen molar-refractivity contribution in [3.8, 4) is 0 Å². The van der Waals surface area contributed by atoms with Gasteiger partial charge in [-0.25, -0.2) is 13.2 Å². The monoisotopic (exact) mass is 206 g/mol. The molecule has 0 bridgehead atoms. The lowest BCUT2D eigenvalue weighted by Gasteiger charge is -1.81. The van der Waals surface area contributed by atoms with E-state index in [0.717, 1.165) is 25.9 Å². The molecule has 2 rings (SSSR count). The van der Waals surface area contributed by atoms with E-state index in [0.29, 0.717) is 11.5 Å². The van der Waals surface area contributed by atoms with Crippen molar-refractivity contribution >= 4 is 15.9 Å². The zero-order valence-electron chi connectivity index (χ0n) is 7.38. The van der Waals surface area contributed by atoms with Crippen LogP contribution in [-0.2, 0) is 9.84 Å². The van der Waals surface area contributed by atoms with E-state index in [9.17, 15) is 13.2 Å². The minimum Gasteiger partial charge on any atom is -0.336 e. The average molecular weight is 206 g/mol. The summed E-state index contributed by atoms with van der Waals surface area (Å²) in [5, 5.41) is 5.14. The molecule has 0 saturated carbocycles. The Morgan fingerprint density at radius 1 is 1.00 bits per heavy atom. The summed E-state index contributed by atoms with van der Waals surface area (Å²) in [5.41, 5.74) is 0. The molecule has 76 valence electrons. The van der Waals surface area contributed by atoms with E-state index in [1.165, 1.54) is 0 Å². The third-order valence-electron chi connectivity index (χ3n) is 1.86. The molecule has 2 saturated heterocycles. The third-order valence-corrected chi connectivity index (χ3v) is 3.68. The van der Waals surface area contributed by atoms with Gasteiger partial charge in [0.2, 0.25) is 0 Å². The first-order chi connectivity index (χ1) is 6.10. The van der Waals surface area contributed by atoms with E-state index in [1.54, 1.807) is 0 Å². The quantitative estimate of drug-likeness (QED) is 0.560. The second-order valence-electron chi connectivity index (χ2n) is 3.04. The standard InChI is InChI=1S/C4H8O2S.C3H6N2O/c5-7(6)3-1-2-4-7;6-3-4-1-2-5-3/h1-4H2;1-2H2,(H2,4,5,6).